The number of thiophene rings is 1. The lowest BCUT2D eigenvalue weighted by atomic mass is 10.1. The molecule has 0 radical (unpaired) electrons. The Kier molecular flexibility index (Phi) is 5.70. The van der Waals surface area contributed by atoms with Crippen LogP contribution in [-0.4, -0.2) is 41.8 Å². The fraction of sp³-hybridized carbons (Fsp3) is 0.318. The van der Waals surface area contributed by atoms with Gasteiger partial charge in [0.1, 0.15) is 26.9 Å². The van der Waals surface area contributed by atoms with Crippen molar-refractivity contribution in [3.05, 3.63) is 68.4 Å². The van der Waals surface area contributed by atoms with Crippen LogP contribution in [0, 0.1) is 12.7 Å². The summed E-state index contributed by atoms with van der Waals surface area (Å²) in [6, 6.07) is 3.06. The van der Waals surface area contributed by atoms with Gasteiger partial charge in [-0.05, 0) is 49.9 Å². The molecule has 14 heteroatoms. The van der Waals surface area contributed by atoms with Crippen LogP contribution < -0.4 is 16.0 Å². The van der Waals surface area contributed by atoms with Gasteiger partial charge in [-0.25, -0.2) is 18.5 Å². The van der Waals surface area contributed by atoms with Crippen LogP contribution in [0.15, 0.2) is 40.2 Å². The molecule has 188 valence electrons. The second kappa shape index (κ2) is 8.62. The number of aliphatic carboxylic acids is 1. The Balaban J connectivity index is 1.70. The van der Waals surface area contributed by atoms with Gasteiger partial charge < -0.3 is 9.84 Å². The number of benzene rings is 1. The van der Waals surface area contributed by atoms with Crippen LogP contribution in [0.1, 0.15) is 24.0 Å². The zero-order valence-corrected chi connectivity index (χ0v) is 19.5. The highest BCUT2D eigenvalue weighted by Crippen LogP contribution is 2.42. The summed E-state index contributed by atoms with van der Waals surface area (Å²) in [7, 11) is 0. The molecule has 36 heavy (non-hydrogen) atoms. The molecule has 0 spiro atoms. The van der Waals surface area contributed by atoms with Crippen LogP contribution in [-0.2, 0) is 23.3 Å². The topological polar surface area (TPSA) is 121 Å². The summed E-state index contributed by atoms with van der Waals surface area (Å²) in [6.07, 6.45) is 2.98. The largest absolute Gasteiger partial charge is 0.479 e. The van der Waals surface area contributed by atoms with Gasteiger partial charge in [0.2, 0.25) is 0 Å². The predicted molar refractivity (Wildman–Crippen MR) is 122 cm³/mol. The summed E-state index contributed by atoms with van der Waals surface area (Å²) in [5.41, 5.74) is -2.74. The molecule has 1 saturated carbocycles. The maximum absolute atomic E-state index is 13.9. The molecule has 3 heterocycles. The average Bonchev–Trinajstić information content (AvgIpc) is 3.28. The van der Waals surface area contributed by atoms with Gasteiger partial charge in [-0.2, -0.15) is 19.0 Å². The maximum atomic E-state index is 13.9. The fourth-order valence-electron chi connectivity index (χ4n) is 4.26. The summed E-state index contributed by atoms with van der Waals surface area (Å²) in [5, 5.41) is 18.5. The molecule has 0 unspecified atom stereocenters. The number of aryl methyl sites for hydroxylation is 3. The van der Waals surface area contributed by atoms with E-state index in [9.17, 15) is 32.7 Å². The van der Waals surface area contributed by atoms with Crippen LogP contribution in [0.3, 0.4) is 0 Å². The van der Waals surface area contributed by atoms with Crippen molar-refractivity contribution < 1.29 is 27.8 Å². The highest BCUT2D eigenvalue weighted by atomic mass is 32.1. The van der Waals surface area contributed by atoms with E-state index in [0.29, 0.717) is 10.6 Å². The van der Waals surface area contributed by atoms with E-state index in [-0.39, 0.29) is 47.3 Å². The SMILES string of the molecule is Cc1c(-n2nccn2)sc2c1c(=O)n(C1(C(=O)O)CC1)c(=O)n2CCc1cc(F)ccc1OC(F)F. The molecule has 0 saturated heterocycles. The quantitative estimate of drug-likeness (QED) is 0.378. The maximum Gasteiger partial charge on any atom is 0.387 e. The van der Waals surface area contributed by atoms with Crippen molar-refractivity contribution in [2.45, 2.75) is 44.9 Å². The average molecular weight is 521 g/mol. The van der Waals surface area contributed by atoms with Gasteiger partial charge in [-0.1, -0.05) is 11.3 Å². The molecule has 4 aromatic rings. The molecule has 10 nitrogen and oxygen atoms in total. The van der Waals surface area contributed by atoms with E-state index in [1.807, 2.05) is 0 Å². The van der Waals surface area contributed by atoms with E-state index >= 15 is 0 Å². The lowest BCUT2D eigenvalue weighted by molar-refractivity contribution is -0.142. The van der Waals surface area contributed by atoms with Crippen LogP contribution in [0.4, 0.5) is 13.2 Å². The first-order valence-electron chi connectivity index (χ1n) is 10.8. The Bertz CT molecular complexity index is 1610. The number of carboxylic acids is 1. The lowest BCUT2D eigenvalue weighted by Crippen LogP contribution is -2.48. The normalized spacial score (nSPS) is 14.5. The van der Waals surface area contributed by atoms with Crippen molar-refractivity contribution >= 4 is 27.5 Å². The highest BCUT2D eigenvalue weighted by molar-refractivity contribution is 7.21. The summed E-state index contributed by atoms with van der Waals surface area (Å²) >= 11 is 1.05. The van der Waals surface area contributed by atoms with Gasteiger partial charge in [0.15, 0.2) is 0 Å². The van der Waals surface area contributed by atoms with E-state index in [4.69, 9.17) is 0 Å². The highest BCUT2D eigenvalue weighted by Gasteiger charge is 2.54. The number of hydrogen-bond acceptors (Lipinski definition) is 7. The van der Waals surface area contributed by atoms with E-state index < -0.39 is 35.2 Å². The number of aromatic nitrogens is 5. The molecule has 0 amide bonds. The second-order valence-electron chi connectivity index (χ2n) is 8.32. The number of halogens is 3. The molecule has 0 bridgehead atoms. The van der Waals surface area contributed by atoms with Crippen LogP contribution >= 0.6 is 11.3 Å². The summed E-state index contributed by atoms with van der Waals surface area (Å²) < 4.78 is 46.0. The molecule has 3 aromatic heterocycles. The van der Waals surface area contributed by atoms with E-state index in [0.717, 1.165) is 34.1 Å². The minimum atomic E-state index is -3.14. The van der Waals surface area contributed by atoms with E-state index in [1.54, 1.807) is 6.92 Å². The number of fused-ring (bicyclic) bond motifs is 1. The van der Waals surface area contributed by atoms with E-state index in [2.05, 4.69) is 14.9 Å². The third kappa shape index (κ3) is 3.77. The van der Waals surface area contributed by atoms with Crippen molar-refractivity contribution in [1.82, 2.24) is 24.1 Å². The fourth-order valence-corrected chi connectivity index (χ4v) is 5.50. The van der Waals surface area contributed by atoms with Gasteiger partial charge in [0, 0.05) is 12.1 Å². The Hall–Kier alpha value is -3.94. The minimum Gasteiger partial charge on any atom is -0.479 e. The first kappa shape index (κ1) is 23.8. The van der Waals surface area contributed by atoms with Crippen LogP contribution in [0.5, 0.6) is 5.75 Å². The Morgan fingerprint density at radius 2 is 1.94 bits per heavy atom. The standard InChI is InChI=1S/C22H18F3N5O5S/c1-11-15-16(31)29(22(5-6-22)19(32)33)21(34)28(18(15)36-17(11)30-26-7-8-27-30)9-4-12-10-13(23)2-3-14(12)35-20(24)25/h2-3,7-8,10,20H,4-6,9H2,1H3,(H,32,33). The van der Waals surface area contributed by atoms with Gasteiger partial charge in [-0.3, -0.25) is 9.36 Å². The lowest BCUT2D eigenvalue weighted by Gasteiger charge is -2.17. The molecule has 1 aromatic carbocycles. The van der Waals surface area contributed by atoms with Gasteiger partial charge >= 0.3 is 18.3 Å². The molecule has 1 aliphatic rings. The molecule has 5 rings (SSSR count). The molecule has 1 fully saturated rings. The summed E-state index contributed by atoms with van der Waals surface area (Å²) in [6.45, 7) is -1.67. The van der Waals surface area contributed by atoms with Crippen molar-refractivity contribution in [3.63, 3.8) is 0 Å². The molecular formula is C22H18F3N5O5S. The Labute approximate surface area is 203 Å². The first-order chi connectivity index (χ1) is 17.1. The predicted octanol–water partition coefficient (Wildman–Crippen LogP) is 2.67. The van der Waals surface area contributed by atoms with Gasteiger partial charge in [0.05, 0.1) is 17.8 Å². The molecule has 0 aliphatic heterocycles. The van der Waals surface area contributed by atoms with E-state index in [1.165, 1.54) is 21.8 Å². The van der Waals surface area contributed by atoms with Crippen molar-refractivity contribution in [3.8, 4) is 10.8 Å². The minimum absolute atomic E-state index is 0.0784. The Morgan fingerprint density at radius 3 is 2.56 bits per heavy atom. The number of alkyl halides is 2. The number of nitrogens with zero attached hydrogens (tertiary/aromatic N) is 5. The number of rotatable bonds is 8. The zero-order chi connectivity index (χ0) is 25.8. The number of hydrogen-bond donors (Lipinski definition) is 1. The monoisotopic (exact) mass is 521 g/mol. The summed E-state index contributed by atoms with van der Waals surface area (Å²) in [4.78, 5) is 40.6. The van der Waals surface area contributed by atoms with Gasteiger partial charge in [-0.15, -0.1) is 4.80 Å². The third-order valence-corrected chi connectivity index (χ3v) is 7.46. The van der Waals surface area contributed by atoms with Crippen LogP contribution in [0.2, 0.25) is 0 Å². The second-order valence-corrected chi connectivity index (χ2v) is 9.30. The molecule has 1 N–H and O–H groups in total. The van der Waals surface area contributed by atoms with Crippen molar-refractivity contribution in [2.24, 2.45) is 0 Å². The first-order valence-corrected chi connectivity index (χ1v) is 11.6. The molecule has 0 atom stereocenters. The van der Waals surface area contributed by atoms with Crippen molar-refractivity contribution in [1.29, 1.82) is 0 Å². The number of carbonyl (C=O) groups is 1. The molecule has 1 aliphatic carbocycles. The zero-order valence-electron chi connectivity index (χ0n) is 18.7. The van der Waals surface area contributed by atoms with Crippen molar-refractivity contribution in [2.75, 3.05) is 0 Å². The molecular weight excluding hydrogens is 503 g/mol. The number of carboxylic acid groups (broad SMARTS) is 1. The Morgan fingerprint density at radius 1 is 1.25 bits per heavy atom. The van der Waals surface area contributed by atoms with Crippen LogP contribution in [0.25, 0.3) is 15.2 Å². The number of ether oxygens (including phenoxy) is 1. The van der Waals surface area contributed by atoms with Gasteiger partial charge in [0.25, 0.3) is 5.56 Å². The summed E-state index contributed by atoms with van der Waals surface area (Å²) in [5.74, 6) is -2.24. The smallest absolute Gasteiger partial charge is 0.387 e. The third-order valence-electron chi connectivity index (χ3n) is 6.18.